The summed E-state index contributed by atoms with van der Waals surface area (Å²) in [4.78, 5) is 11.8. The van der Waals surface area contributed by atoms with Crippen molar-refractivity contribution < 1.29 is 14.6 Å². The minimum Gasteiger partial charge on any atom is -0.484 e. The van der Waals surface area contributed by atoms with Crippen molar-refractivity contribution in [1.82, 2.24) is 5.32 Å². The fraction of sp³-hybridized carbons (Fsp3) is 0.533. The first kappa shape index (κ1) is 13.9. The number of amides is 1. The predicted molar refractivity (Wildman–Crippen MR) is 73.0 cm³/mol. The van der Waals surface area contributed by atoms with Gasteiger partial charge in [-0.2, -0.15) is 0 Å². The number of nitrogens with one attached hydrogen (secondary N) is 1. The second kappa shape index (κ2) is 5.61. The standard InChI is InChI=1S/C15H21NO3/c1-11-3-7-13(8-4-11)19-9-14(18)16-15(2,10-17)12-5-6-12/h3-4,7-8,12,17H,5-6,9-10H2,1-2H3,(H,16,18). The van der Waals surface area contributed by atoms with Crippen LogP contribution in [0.4, 0.5) is 0 Å². The topological polar surface area (TPSA) is 58.6 Å². The minimum atomic E-state index is -0.506. The molecule has 1 amide bonds. The molecule has 2 rings (SSSR count). The molecule has 0 radical (unpaired) electrons. The maximum absolute atomic E-state index is 11.8. The van der Waals surface area contributed by atoms with E-state index >= 15 is 0 Å². The van der Waals surface area contributed by atoms with E-state index in [1.807, 2.05) is 38.1 Å². The van der Waals surface area contributed by atoms with E-state index in [2.05, 4.69) is 5.32 Å². The van der Waals surface area contributed by atoms with Gasteiger partial charge < -0.3 is 15.2 Å². The molecule has 1 saturated carbocycles. The maximum Gasteiger partial charge on any atom is 0.258 e. The average molecular weight is 263 g/mol. The molecule has 4 heteroatoms. The summed E-state index contributed by atoms with van der Waals surface area (Å²) >= 11 is 0. The molecule has 104 valence electrons. The summed E-state index contributed by atoms with van der Waals surface area (Å²) in [6.45, 7) is 3.83. The Balaban J connectivity index is 1.82. The molecule has 2 N–H and O–H groups in total. The summed E-state index contributed by atoms with van der Waals surface area (Å²) in [6, 6.07) is 7.56. The fourth-order valence-electron chi connectivity index (χ4n) is 2.13. The summed E-state index contributed by atoms with van der Waals surface area (Å²) in [5.74, 6) is 0.878. The number of ether oxygens (including phenoxy) is 1. The van der Waals surface area contributed by atoms with Crippen molar-refractivity contribution in [1.29, 1.82) is 0 Å². The summed E-state index contributed by atoms with van der Waals surface area (Å²) in [7, 11) is 0. The van der Waals surface area contributed by atoms with Gasteiger partial charge in [0.05, 0.1) is 12.1 Å². The quantitative estimate of drug-likeness (QED) is 0.820. The van der Waals surface area contributed by atoms with Gasteiger partial charge in [0.25, 0.3) is 5.91 Å². The lowest BCUT2D eigenvalue weighted by Gasteiger charge is -2.28. The van der Waals surface area contributed by atoms with E-state index in [0.717, 1.165) is 18.4 Å². The minimum absolute atomic E-state index is 0.0224. The van der Waals surface area contributed by atoms with Crippen LogP contribution in [0.2, 0.25) is 0 Å². The number of aryl methyl sites for hydroxylation is 1. The lowest BCUT2D eigenvalue weighted by molar-refractivity contribution is -0.125. The van der Waals surface area contributed by atoms with Gasteiger partial charge in [0.1, 0.15) is 5.75 Å². The summed E-state index contributed by atoms with van der Waals surface area (Å²) in [5.41, 5.74) is 0.645. The molecule has 1 aliphatic rings. The highest BCUT2D eigenvalue weighted by Gasteiger charge is 2.42. The molecule has 0 bridgehead atoms. The average Bonchev–Trinajstić information content (AvgIpc) is 3.22. The molecule has 1 unspecified atom stereocenters. The van der Waals surface area contributed by atoms with Crippen molar-refractivity contribution >= 4 is 5.91 Å². The van der Waals surface area contributed by atoms with Crippen molar-refractivity contribution in [3.05, 3.63) is 29.8 Å². The van der Waals surface area contributed by atoms with Crippen LogP contribution in [0.15, 0.2) is 24.3 Å². The molecule has 0 saturated heterocycles. The molecule has 0 heterocycles. The van der Waals surface area contributed by atoms with E-state index in [1.54, 1.807) is 0 Å². The zero-order valence-corrected chi connectivity index (χ0v) is 11.5. The van der Waals surface area contributed by atoms with Crippen LogP contribution in [-0.2, 0) is 4.79 Å². The number of carbonyl (C=O) groups excluding carboxylic acids is 1. The van der Waals surface area contributed by atoms with E-state index in [-0.39, 0.29) is 19.1 Å². The van der Waals surface area contributed by atoms with Crippen LogP contribution in [0.1, 0.15) is 25.3 Å². The van der Waals surface area contributed by atoms with Crippen molar-refractivity contribution in [3.63, 3.8) is 0 Å². The molecular weight excluding hydrogens is 242 g/mol. The largest absolute Gasteiger partial charge is 0.484 e. The van der Waals surface area contributed by atoms with Gasteiger partial charge in [-0.1, -0.05) is 17.7 Å². The molecule has 0 aliphatic heterocycles. The van der Waals surface area contributed by atoms with Gasteiger partial charge in [0.15, 0.2) is 6.61 Å². The lowest BCUT2D eigenvalue weighted by atomic mass is 9.97. The molecule has 1 aromatic carbocycles. The Morgan fingerprint density at radius 3 is 2.58 bits per heavy atom. The number of aliphatic hydroxyl groups excluding tert-OH is 1. The molecular formula is C15H21NO3. The molecule has 1 atom stereocenters. The Bertz CT molecular complexity index is 439. The molecule has 0 spiro atoms. The van der Waals surface area contributed by atoms with Crippen LogP contribution in [0.25, 0.3) is 0 Å². The molecule has 19 heavy (non-hydrogen) atoms. The third-order valence-electron chi connectivity index (χ3n) is 3.62. The Morgan fingerprint density at radius 2 is 2.05 bits per heavy atom. The smallest absolute Gasteiger partial charge is 0.258 e. The third kappa shape index (κ3) is 3.70. The molecule has 4 nitrogen and oxygen atoms in total. The zero-order valence-electron chi connectivity index (χ0n) is 11.5. The number of benzene rings is 1. The number of aliphatic hydroxyl groups is 1. The zero-order chi connectivity index (χ0) is 13.9. The van der Waals surface area contributed by atoms with Crippen molar-refractivity contribution in [2.45, 2.75) is 32.2 Å². The fourth-order valence-corrected chi connectivity index (χ4v) is 2.13. The van der Waals surface area contributed by atoms with Crippen LogP contribution in [-0.4, -0.2) is 29.8 Å². The highest BCUT2D eigenvalue weighted by molar-refractivity contribution is 5.78. The lowest BCUT2D eigenvalue weighted by Crippen LogP contribution is -2.52. The number of carbonyl (C=O) groups is 1. The summed E-state index contributed by atoms with van der Waals surface area (Å²) in [6.07, 6.45) is 2.13. The van der Waals surface area contributed by atoms with Crippen LogP contribution < -0.4 is 10.1 Å². The Hall–Kier alpha value is -1.55. The van der Waals surface area contributed by atoms with Crippen molar-refractivity contribution in [2.24, 2.45) is 5.92 Å². The SMILES string of the molecule is Cc1ccc(OCC(=O)NC(C)(CO)C2CC2)cc1. The third-order valence-corrected chi connectivity index (χ3v) is 3.62. The monoisotopic (exact) mass is 263 g/mol. The number of rotatable bonds is 6. The van der Waals surface area contributed by atoms with E-state index < -0.39 is 5.54 Å². The molecule has 1 fully saturated rings. The van der Waals surface area contributed by atoms with E-state index in [4.69, 9.17) is 4.74 Å². The van der Waals surface area contributed by atoms with Gasteiger partial charge in [-0.25, -0.2) is 0 Å². The van der Waals surface area contributed by atoms with Gasteiger partial charge in [0.2, 0.25) is 0 Å². The molecule has 1 aromatic rings. The van der Waals surface area contributed by atoms with Crippen molar-refractivity contribution in [3.8, 4) is 5.75 Å². The highest BCUT2D eigenvalue weighted by Crippen LogP contribution is 2.39. The summed E-state index contributed by atoms with van der Waals surface area (Å²) in [5, 5.41) is 12.3. The van der Waals surface area contributed by atoms with Gasteiger partial charge >= 0.3 is 0 Å². The van der Waals surface area contributed by atoms with E-state index in [9.17, 15) is 9.90 Å². The van der Waals surface area contributed by atoms with Gasteiger partial charge in [-0.15, -0.1) is 0 Å². The molecule has 0 aromatic heterocycles. The van der Waals surface area contributed by atoms with Crippen LogP contribution >= 0.6 is 0 Å². The predicted octanol–water partition coefficient (Wildman–Crippen LogP) is 1.65. The number of hydrogen-bond donors (Lipinski definition) is 2. The Morgan fingerprint density at radius 1 is 1.42 bits per heavy atom. The second-order valence-electron chi connectivity index (χ2n) is 5.50. The normalized spacial score (nSPS) is 17.6. The van der Waals surface area contributed by atoms with Crippen LogP contribution in [0, 0.1) is 12.8 Å². The maximum atomic E-state index is 11.8. The van der Waals surface area contributed by atoms with Crippen LogP contribution in [0.3, 0.4) is 0 Å². The Labute approximate surface area is 113 Å². The van der Waals surface area contributed by atoms with E-state index in [0.29, 0.717) is 11.7 Å². The second-order valence-corrected chi connectivity index (χ2v) is 5.50. The number of hydrogen-bond acceptors (Lipinski definition) is 3. The van der Waals surface area contributed by atoms with Gasteiger partial charge in [-0.3, -0.25) is 4.79 Å². The van der Waals surface area contributed by atoms with Crippen LogP contribution in [0.5, 0.6) is 5.75 Å². The first-order valence-corrected chi connectivity index (χ1v) is 6.65. The van der Waals surface area contributed by atoms with Gasteiger partial charge in [0, 0.05) is 0 Å². The van der Waals surface area contributed by atoms with Crippen molar-refractivity contribution in [2.75, 3.05) is 13.2 Å². The van der Waals surface area contributed by atoms with E-state index in [1.165, 1.54) is 0 Å². The Kier molecular flexibility index (Phi) is 4.10. The first-order chi connectivity index (χ1) is 9.03. The highest BCUT2D eigenvalue weighted by atomic mass is 16.5. The molecule has 1 aliphatic carbocycles. The summed E-state index contributed by atoms with van der Waals surface area (Å²) < 4.78 is 5.42. The van der Waals surface area contributed by atoms with Gasteiger partial charge in [-0.05, 0) is 44.7 Å². The first-order valence-electron chi connectivity index (χ1n) is 6.65.